The van der Waals surface area contributed by atoms with Crippen molar-refractivity contribution >= 4 is 23.6 Å². The molecule has 1 aliphatic heterocycles. The highest BCUT2D eigenvalue weighted by Gasteiger charge is 2.34. The summed E-state index contributed by atoms with van der Waals surface area (Å²) in [5.74, 6) is 0.255. The van der Waals surface area contributed by atoms with Gasteiger partial charge in [0.05, 0.1) is 19.9 Å². The first-order valence-electron chi connectivity index (χ1n) is 7.28. The molecule has 6 heteroatoms. The Labute approximate surface area is 139 Å². The van der Waals surface area contributed by atoms with Crippen LogP contribution in [0, 0.1) is 0 Å². The number of carbonyl (C=O) groups excluding carboxylic acids is 2. The van der Waals surface area contributed by atoms with Gasteiger partial charge in [-0.3, -0.25) is 15.0 Å². The number of amides is 2. The highest BCUT2D eigenvalue weighted by atomic mass is 16.5. The van der Waals surface area contributed by atoms with Crippen LogP contribution in [0.3, 0.4) is 0 Å². The van der Waals surface area contributed by atoms with Gasteiger partial charge < -0.3 is 9.47 Å². The topological polar surface area (TPSA) is 67.9 Å². The number of methoxy groups -OCH3 is 2. The maximum atomic E-state index is 12.5. The van der Waals surface area contributed by atoms with E-state index in [4.69, 9.17) is 9.47 Å². The number of carbonyl (C=O) groups is 2. The monoisotopic (exact) mass is 324 g/mol. The lowest BCUT2D eigenvalue weighted by molar-refractivity contribution is -0.117. The normalized spacial score (nSPS) is 15.6. The number of ether oxygens (including phenoxy) is 2. The van der Waals surface area contributed by atoms with E-state index in [1.165, 1.54) is 18.2 Å². The summed E-state index contributed by atoms with van der Waals surface area (Å²) in [7, 11) is 3.07. The minimum atomic E-state index is -0.446. The van der Waals surface area contributed by atoms with Crippen molar-refractivity contribution in [1.82, 2.24) is 5.43 Å². The molecule has 3 rings (SSSR count). The number of rotatable bonds is 4. The molecular formula is C18H16N2O4. The first-order valence-corrected chi connectivity index (χ1v) is 7.28. The van der Waals surface area contributed by atoms with Gasteiger partial charge in [-0.05, 0) is 35.9 Å². The lowest BCUT2D eigenvalue weighted by atomic mass is 10.1. The molecule has 0 radical (unpaired) electrons. The summed E-state index contributed by atoms with van der Waals surface area (Å²) in [6.07, 6.45) is 1.53. The van der Waals surface area contributed by atoms with Crippen LogP contribution in [-0.2, 0) is 9.59 Å². The average molecular weight is 324 g/mol. The molecule has 1 saturated heterocycles. The average Bonchev–Trinajstić information content (AvgIpc) is 2.90. The van der Waals surface area contributed by atoms with Crippen molar-refractivity contribution in [3.8, 4) is 11.5 Å². The van der Waals surface area contributed by atoms with Crippen molar-refractivity contribution < 1.29 is 19.1 Å². The molecule has 0 aliphatic carbocycles. The zero-order valence-corrected chi connectivity index (χ0v) is 13.3. The van der Waals surface area contributed by atoms with Crippen LogP contribution < -0.4 is 19.9 Å². The van der Waals surface area contributed by atoms with E-state index in [0.29, 0.717) is 22.7 Å². The van der Waals surface area contributed by atoms with Gasteiger partial charge in [-0.2, -0.15) is 0 Å². The Balaban J connectivity index is 1.93. The Morgan fingerprint density at radius 2 is 1.67 bits per heavy atom. The van der Waals surface area contributed by atoms with Gasteiger partial charge in [-0.1, -0.05) is 24.3 Å². The van der Waals surface area contributed by atoms with Crippen molar-refractivity contribution in [3.63, 3.8) is 0 Å². The van der Waals surface area contributed by atoms with E-state index in [-0.39, 0.29) is 5.57 Å². The Morgan fingerprint density at radius 1 is 0.958 bits per heavy atom. The molecule has 0 unspecified atom stereocenters. The van der Waals surface area contributed by atoms with Crippen molar-refractivity contribution in [2.24, 2.45) is 0 Å². The van der Waals surface area contributed by atoms with E-state index in [2.05, 4.69) is 5.43 Å². The second-order valence-electron chi connectivity index (χ2n) is 5.09. The second kappa shape index (κ2) is 6.45. The molecule has 0 aromatic heterocycles. The number of benzene rings is 2. The zero-order valence-electron chi connectivity index (χ0n) is 13.3. The summed E-state index contributed by atoms with van der Waals surface area (Å²) in [5.41, 5.74) is 3.89. The van der Waals surface area contributed by atoms with Gasteiger partial charge in [0, 0.05) is 0 Å². The number of hydrogen-bond acceptors (Lipinski definition) is 4. The number of para-hydroxylation sites is 1. The second-order valence-corrected chi connectivity index (χ2v) is 5.09. The number of hydrogen-bond donors (Lipinski definition) is 1. The first-order chi connectivity index (χ1) is 11.6. The lowest BCUT2D eigenvalue weighted by Gasteiger charge is -2.13. The van der Waals surface area contributed by atoms with Gasteiger partial charge in [-0.25, -0.2) is 5.01 Å². The van der Waals surface area contributed by atoms with Crippen LogP contribution in [0.25, 0.3) is 6.08 Å². The van der Waals surface area contributed by atoms with Crippen LogP contribution in [0.4, 0.5) is 5.69 Å². The van der Waals surface area contributed by atoms with Gasteiger partial charge >= 0.3 is 0 Å². The number of hydrazine groups is 1. The molecule has 1 aliphatic rings. The fraction of sp³-hybridized carbons (Fsp3) is 0.111. The molecule has 0 saturated carbocycles. The third kappa shape index (κ3) is 2.81. The molecule has 6 nitrogen and oxygen atoms in total. The molecule has 2 aromatic carbocycles. The number of nitrogens with zero attached hydrogens (tertiary/aromatic N) is 1. The van der Waals surface area contributed by atoms with Crippen molar-refractivity contribution in [3.05, 3.63) is 59.7 Å². The Bertz CT molecular complexity index is 815. The SMILES string of the molecule is COc1ccc(/C=C2/C(=O)NN(c3ccccc3)C2=O)cc1OC. The summed E-state index contributed by atoms with van der Waals surface area (Å²) in [6.45, 7) is 0. The third-order valence-corrected chi connectivity index (χ3v) is 3.62. The van der Waals surface area contributed by atoms with Crippen LogP contribution in [0.5, 0.6) is 11.5 Å². The molecule has 2 aromatic rings. The summed E-state index contributed by atoms with van der Waals surface area (Å²) < 4.78 is 10.4. The molecular weight excluding hydrogens is 308 g/mol. The van der Waals surface area contributed by atoms with Gasteiger partial charge in [0.1, 0.15) is 5.57 Å². The molecule has 2 amide bonds. The largest absolute Gasteiger partial charge is 0.493 e. The minimum Gasteiger partial charge on any atom is -0.493 e. The van der Waals surface area contributed by atoms with Crippen molar-refractivity contribution in [2.75, 3.05) is 19.2 Å². The van der Waals surface area contributed by atoms with Gasteiger partial charge in [0.25, 0.3) is 11.8 Å². The van der Waals surface area contributed by atoms with E-state index in [0.717, 1.165) is 0 Å². The molecule has 1 N–H and O–H groups in total. The molecule has 0 bridgehead atoms. The number of anilines is 1. The minimum absolute atomic E-state index is 0.0612. The zero-order chi connectivity index (χ0) is 17.1. The summed E-state index contributed by atoms with van der Waals surface area (Å²) in [6, 6.07) is 14.1. The summed E-state index contributed by atoms with van der Waals surface area (Å²) >= 11 is 0. The predicted octanol–water partition coefficient (Wildman–Crippen LogP) is 2.17. The summed E-state index contributed by atoms with van der Waals surface area (Å²) in [5, 5.41) is 1.23. The highest BCUT2D eigenvalue weighted by Crippen LogP contribution is 2.29. The Morgan fingerprint density at radius 3 is 2.33 bits per heavy atom. The van der Waals surface area contributed by atoms with Crippen LogP contribution >= 0.6 is 0 Å². The van der Waals surface area contributed by atoms with E-state index >= 15 is 0 Å². The fourth-order valence-electron chi connectivity index (χ4n) is 2.43. The van der Waals surface area contributed by atoms with Crippen LogP contribution in [0.1, 0.15) is 5.56 Å². The Hall–Kier alpha value is -3.28. The standard InChI is InChI=1S/C18H16N2O4/c1-23-15-9-8-12(11-16(15)24-2)10-14-17(21)19-20(18(14)22)13-6-4-3-5-7-13/h3-11H,1-2H3,(H,19,21)/b14-10-. The van der Waals surface area contributed by atoms with Crippen LogP contribution in [0.15, 0.2) is 54.1 Å². The van der Waals surface area contributed by atoms with E-state index < -0.39 is 11.8 Å². The maximum Gasteiger partial charge on any atom is 0.282 e. The fourth-order valence-corrected chi connectivity index (χ4v) is 2.43. The van der Waals surface area contributed by atoms with E-state index in [1.54, 1.807) is 49.6 Å². The number of nitrogens with one attached hydrogen (secondary N) is 1. The lowest BCUT2D eigenvalue weighted by Crippen LogP contribution is -2.35. The van der Waals surface area contributed by atoms with Gasteiger partial charge in [0.2, 0.25) is 0 Å². The quantitative estimate of drug-likeness (QED) is 0.691. The molecule has 1 fully saturated rings. The van der Waals surface area contributed by atoms with Gasteiger partial charge in [-0.15, -0.1) is 0 Å². The highest BCUT2D eigenvalue weighted by molar-refractivity contribution is 6.31. The predicted molar refractivity (Wildman–Crippen MR) is 89.6 cm³/mol. The van der Waals surface area contributed by atoms with Gasteiger partial charge in [0.15, 0.2) is 11.5 Å². The molecule has 122 valence electrons. The smallest absolute Gasteiger partial charge is 0.282 e. The van der Waals surface area contributed by atoms with Crippen molar-refractivity contribution in [2.45, 2.75) is 0 Å². The van der Waals surface area contributed by atoms with E-state index in [1.807, 2.05) is 6.07 Å². The molecule has 24 heavy (non-hydrogen) atoms. The summed E-state index contributed by atoms with van der Waals surface area (Å²) in [4.78, 5) is 24.7. The van der Waals surface area contributed by atoms with Crippen molar-refractivity contribution in [1.29, 1.82) is 0 Å². The molecule has 0 spiro atoms. The maximum absolute atomic E-state index is 12.5. The molecule has 1 heterocycles. The van der Waals surface area contributed by atoms with Crippen LogP contribution in [0.2, 0.25) is 0 Å². The van der Waals surface area contributed by atoms with E-state index in [9.17, 15) is 9.59 Å². The van der Waals surface area contributed by atoms with Crippen LogP contribution in [-0.4, -0.2) is 26.0 Å². The first kappa shape index (κ1) is 15.6. The Kier molecular flexibility index (Phi) is 4.20. The third-order valence-electron chi connectivity index (χ3n) is 3.62. The molecule has 0 atom stereocenters.